The third kappa shape index (κ3) is 5.74. The van der Waals surface area contributed by atoms with E-state index in [2.05, 4.69) is 10.2 Å². The van der Waals surface area contributed by atoms with Gasteiger partial charge in [-0.1, -0.05) is 0 Å². The van der Waals surface area contributed by atoms with Crippen LogP contribution in [0.15, 0.2) is 42.5 Å². The van der Waals surface area contributed by atoms with Gasteiger partial charge < -0.3 is 29.2 Å². The number of hydrogen-bond donors (Lipinski definition) is 1. The lowest BCUT2D eigenvalue weighted by molar-refractivity contribution is 0.0903. The third-order valence-corrected chi connectivity index (χ3v) is 5.29. The van der Waals surface area contributed by atoms with E-state index in [9.17, 15) is 0 Å². The molecule has 1 heterocycles. The minimum Gasteiger partial charge on any atom is -0.497 e. The van der Waals surface area contributed by atoms with E-state index in [0.717, 1.165) is 54.5 Å². The van der Waals surface area contributed by atoms with Crippen LogP contribution in [0, 0.1) is 0 Å². The molecule has 2 aromatic rings. The van der Waals surface area contributed by atoms with Gasteiger partial charge in [0.25, 0.3) is 0 Å². The lowest BCUT2D eigenvalue weighted by atomic mass is 10.1. The standard InChI is InChI=1S/C22H28N2O4S/c1-25-18-10-7-17(8-11-18)23-22(29)24(15-20-5-4-12-28-20)14-16-6-9-19(26-2)13-21(16)27-3/h6-11,13,20H,4-5,12,14-15H2,1-3H3,(H,23,29). The first-order chi connectivity index (χ1) is 14.1. The summed E-state index contributed by atoms with van der Waals surface area (Å²) >= 11 is 5.74. The van der Waals surface area contributed by atoms with Crippen LogP contribution in [0.25, 0.3) is 0 Å². The zero-order chi connectivity index (χ0) is 20.6. The summed E-state index contributed by atoms with van der Waals surface area (Å²) in [6, 6.07) is 13.5. The van der Waals surface area contributed by atoms with Gasteiger partial charge in [-0.05, 0) is 61.5 Å². The highest BCUT2D eigenvalue weighted by Crippen LogP contribution is 2.27. The molecule has 0 spiro atoms. The maximum absolute atomic E-state index is 5.85. The van der Waals surface area contributed by atoms with E-state index in [1.165, 1.54) is 0 Å². The highest BCUT2D eigenvalue weighted by atomic mass is 32.1. The molecule has 0 bridgehead atoms. The minimum absolute atomic E-state index is 0.176. The van der Waals surface area contributed by atoms with Crippen LogP contribution in [-0.2, 0) is 11.3 Å². The summed E-state index contributed by atoms with van der Waals surface area (Å²) in [5.74, 6) is 2.34. The summed E-state index contributed by atoms with van der Waals surface area (Å²) in [5, 5.41) is 3.97. The molecule has 0 saturated carbocycles. The minimum atomic E-state index is 0.176. The number of anilines is 1. The lowest BCUT2D eigenvalue weighted by Crippen LogP contribution is -2.39. The molecule has 1 unspecified atom stereocenters. The molecule has 156 valence electrons. The Morgan fingerprint density at radius 1 is 1.07 bits per heavy atom. The van der Waals surface area contributed by atoms with Gasteiger partial charge in [0, 0.05) is 37.0 Å². The number of rotatable bonds is 8. The van der Waals surface area contributed by atoms with Crippen LogP contribution in [-0.4, -0.2) is 50.6 Å². The second kappa shape index (κ2) is 10.3. The first-order valence-electron chi connectivity index (χ1n) is 9.65. The quantitative estimate of drug-likeness (QED) is 0.651. The molecule has 0 aromatic heterocycles. The number of methoxy groups -OCH3 is 3. The van der Waals surface area contributed by atoms with Crippen molar-refractivity contribution in [3.63, 3.8) is 0 Å². The van der Waals surface area contributed by atoms with Crippen molar-refractivity contribution < 1.29 is 18.9 Å². The van der Waals surface area contributed by atoms with Gasteiger partial charge in [-0.25, -0.2) is 0 Å². The molecule has 1 atom stereocenters. The SMILES string of the molecule is COc1ccc(NC(=S)N(Cc2ccc(OC)cc2OC)CC2CCCO2)cc1. The van der Waals surface area contributed by atoms with Crippen molar-refractivity contribution in [2.75, 3.05) is 39.8 Å². The van der Waals surface area contributed by atoms with Gasteiger partial charge in [0.05, 0.1) is 27.4 Å². The zero-order valence-corrected chi connectivity index (χ0v) is 18.0. The Bertz CT molecular complexity index is 807. The molecule has 2 aromatic carbocycles. The Morgan fingerprint density at radius 2 is 1.79 bits per heavy atom. The fourth-order valence-electron chi connectivity index (χ4n) is 3.32. The summed E-state index contributed by atoms with van der Waals surface area (Å²) in [5.41, 5.74) is 1.94. The van der Waals surface area contributed by atoms with E-state index in [1.54, 1.807) is 21.3 Å². The third-order valence-electron chi connectivity index (χ3n) is 4.93. The largest absolute Gasteiger partial charge is 0.497 e. The maximum atomic E-state index is 5.85. The van der Waals surface area contributed by atoms with Gasteiger partial charge in [0.15, 0.2) is 5.11 Å². The summed E-state index contributed by atoms with van der Waals surface area (Å²) in [6.07, 6.45) is 2.31. The molecule has 29 heavy (non-hydrogen) atoms. The van der Waals surface area contributed by atoms with Crippen molar-refractivity contribution in [3.8, 4) is 17.2 Å². The van der Waals surface area contributed by atoms with Gasteiger partial charge >= 0.3 is 0 Å². The van der Waals surface area contributed by atoms with Crippen LogP contribution in [0.4, 0.5) is 5.69 Å². The van der Waals surface area contributed by atoms with Gasteiger partial charge in [-0.3, -0.25) is 0 Å². The lowest BCUT2D eigenvalue weighted by Gasteiger charge is -2.29. The van der Waals surface area contributed by atoms with Gasteiger partial charge in [-0.15, -0.1) is 0 Å². The Hall–Kier alpha value is -2.51. The monoisotopic (exact) mass is 416 g/mol. The van der Waals surface area contributed by atoms with Crippen LogP contribution >= 0.6 is 12.2 Å². The number of nitrogens with zero attached hydrogens (tertiary/aromatic N) is 1. The van der Waals surface area contributed by atoms with Gasteiger partial charge in [0.1, 0.15) is 17.2 Å². The second-order valence-electron chi connectivity index (χ2n) is 6.85. The smallest absolute Gasteiger partial charge is 0.173 e. The van der Waals surface area contributed by atoms with Crippen molar-refractivity contribution in [3.05, 3.63) is 48.0 Å². The molecule has 6 nitrogen and oxygen atoms in total. The van der Waals surface area contributed by atoms with Crippen LogP contribution < -0.4 is 19.5 Å². The van der Waals surface area contributed by atoms with Crippen molar-refractivity contribution in [1.29, 1.82) is 0 Å². The fourth-order valence-corrected chi connectivity index (χ4v) is 3.58. The molecule has 1 aliphatic rings. The molecule has 7 heteroatoms. The zero-order valence-electron chi connectivity index (χ0n) is 17.1. The van der Waals surface area contributed by atoms with Crippen molar-refractivity contribution in [2.24, 2.45) is 0 Å². The summed E-state index contributed by atoms with van der Waals surface area (Å²) in [4.78, 5) is 2.12. The van der Waals surface area contributed by atoms with Crippen molar-refractivity contribution in [2.45, 2.75) is 25.5 Å². The Balaban J connectivity index is 1.77. The Morgan fingerprint density at radius 3 is 2.41 bits per heavy atom. The van der Waals surface area contributed by atoms with E-state index < -0.39 is 0 Å². The van der Waals surface area contributed by atoms with Crippen LogP contribution in [0.5, 0.6) is 17.2 Å². The molecule has 1 saturated heterocycles. The first kappa shape index (κ1) is 21.2. The normalized spacial score (nSPS) is 15.6. The molecule has 0 amide bonds. The van der Waals surface area contributed by atoms with Crippen LogP contribution in [0.3, 0.4) is 0 Å². The predicted octanol–water partition coefficient (Wildman–Crippen LogP) is 4.09. The summed E-state index contributed by atoms with van der Waals surface area (Å²) in [7, 11) is 4.96. The topological polar surface area (TPSA) is 52.2 Å². The highest BCUT2D eigenvalue weighted by molar-refractivity contribution is 7.80. The number of hydrogen-bond acceptors (Lipinski definition) is 5. The van der Waals surface area contributed by atoms with Crippen LogP contribution in [0.2, 0.25) is 0 Å². The number of nitrogens with one attached hydrogen (secondary N) is 1. The molecular formula is C22H28N2O4S. The second-order valence-corrected chi connectivity index (χ2v) is 7.24. The fraction of sp³-hybridized carbons (Fsp3) is 0.409. The van der Waals surface area contributed by atoms with Crippen molar-refractivity contribution >= 4 is 23.0 Å². The molecule has 3 rings (SSSR count). The summed E-state index contributed by atoms with van der Waals surface area (Å²) in [6.45, 7) is 2.13. The average Bonchev–Trinajstić information content (AvgIpc) is 3.27. The van der Waals surface area contributed by atoms with Gasteiger partial charge in [0.2, 0.25) is 0 Å². The highest BCUT2D eigenvalue weighted by Gasteiger charge is 2.22. The van der Waals surface area contributed by atoms with Crippen molar-refractivity contribution in [1.82, 2.24) is 4.90 Å². The number of thiocarbonyl (C=S) groups is 1. The molecular weight excluding hydrogens is 388 g/mol. The Kier molecular flexibility index (Phi) is 7.55. The van der Waals surface area contributed by atoms with E-state index in [1.807, 2.05) is 42.5 Å². The van der Waals surface area contributed by atoms with Crippen LogP contribution in [0.1, 0.15) is 18.4 Å². The maximum Gasteiger partial charge on any atom is 0.173 e. The molecule has 0 radical (unpaired) electrons. The number of ether oxygens (including phenoxy) is 4. The van der Waals surface area contributed by atoms with E-state index in [-0.39, 0.29) is 6.10 Å². The molecule has 1 fully saturated rings. The van der Waals surface area contributed by atoms with Gasteiger partial charge in [-0.2, -0.15) is 0 Å². The van der Waals surface area contributed by atoms with E-state index >= 15 is 0 Å². The molecule has 1 aliphatic heterocycles. The number of benzene rings is 2. The summed E-state index contributed by atoms with van der Waals surface area (Å²) < 4.78 is 21.9. The molecule has 0 aliphatic carbocycles. The van der Waals surface area contributed by atoms with E-state index in [0.29, 0.717) is 11.7 Å². The first-order valence-corrected chi connectivity index (χ1v) is 10.1. The Labute approximate surface area is 177 Å². The molecule has 1 N–H and O–H groups in total. The van der Waals surface area contributed by atoms with E-state index in [4.69, 9.17) is 31.2 Å². The predicted molar refractivity (Wildman–Crippen MR) is 118 cm³/mol. The average molecular weight is 417 g/mol.